The Kier molecular flexibility index (Phi) is 7.52. The topological polar surface area (TPSA) is 67.8 Å². The van der Waals surface area contributed by atoms with E-state index in [-0.39, 0.29) is 12.5 Å². The van der Waals surface area contributed by atoms with Crippen molar-refractivity contribution in [1.29, 1.82) is 0 Å². The number of rotatable bonds is 7. The summed E-state index contributed by atoms with van der Waals surface area (Å²) in [6.45, 7) is 4.91. The number of piperazine rings is 1. The van der Waals surface area contributed by atoms with E-state index < -0.39 is 0 Å². The fourth-order valence-electron chi connectivity index (χ4n) is 3.59. The molecule has 0 bridgehead atoms. The average molecular weight is 487 g/mol. The van der Waals surface area contributed by atoms with Gasteiger partial charge in [0.1, 0.15) is 0 Å². The summed E-state index contributed by atoms with van der Waals surface area (Å²) in [4.78, 5) is 16.5. The molecule has 7 nitrogen and oxygen atoms in total. The molecule has 0 saturated carbocycles. The minimum absolute atomic E-state index is 0.0273. The van der Waals surface area contributed by atoms with Gasteiger partial charge in [-0.2, -0.15) is 0 Å². The second kappa shape index (κ2) is 10.7. The van der Waals surface area contributed by atoms with Crippen molar-refractivity contribution in [3.8, 4) is 22.8 Å². The van der Waals surface area contributed by atoms with Gasteiger partial charge in [0.15, 0.2) is 23.9 Å². The predicted octanol–water partition coefficient (Wildman–Crippen LogP) is 4.58. The lowest BCUT2D eigenvalue weighted by molar-refractivity contribution is -0.133. The summed E-state index contributed by atoms with van der Waals surface area (Å²) in [6, 6.07) is 16.4. The summed E-state index contributed by atoms with van der Waals surface area (Å²) in [5, 5.41) is 9.79. The van der Waals surface area contributed by atoms with Gasteiger partial charge in [-0.3, -0.25) is 4.79 Å². The standard InChI is InChI=1S/C24H24Cl2N4O3/c1-2-32-21-5-3-4-6-22(21)33-16-24(31)30-13-11-29(12-14-30)23-10-9-20(27-28-23)18-8-7-17(25)15-19(18)26/h3-10,15H,2,11-14,16H2,1H3. The quantitative estimate of drug-likeness (QED) is 0.486. The Morgan fingerprint density at radius 1 is 0.939 bits per heavy atom. The third kappa shape index (κ3) is 5.67. The van der Waals surface area contributed by atoms with Crippen molar-refractivity contribution in [2.45, 2.75) is 6.92 Å². The van der Waals surface area contributed by atoms with Crippen molar-refractivity contribution in [2.24, 2.45) is 0 Å². The molecular weight excluding hydrogens is 463 g/mol. The van der Waals surface area contributed by atoms with Gasteiger partial charge in [0.2, 0.25) is 0 Å². The van der Waals surface area contributed by atoms with Crippen LogP contribution in [0.5, 0.6) is 11.5 Å². The van der Waals surface area contributed by atoms with Crippen molar-refractivity contribution in [1.82, 2.24) is 15.1 Å². The summed E-state index contributed by atoms with van der Waals surface area (Å²) in [7, 11) is 0. The molecule has 0 radical (unpaired) electrons. The van der Waals surface area contributed by atoms with Crippen LogP contribution in [0.15, 0.2) is 54.6 Å². The Labute approximate surface area is 202 Å². The molecule has 4 rings (SSSR count). The van der Waals surface area contributed by atoms with Gasteiger partial charge >= 0.3 is 0 Å². The number of aromatic nitrogens is 2. The highest BCUT2D eigenvalue weighted by molar-refractivity contribution is 6.36. The van der Waals surface area contributed by atoms with E-state index in [0.717, 1.165) is 11.4 Å². The minimum atomic E-state index is -0.0558. The second-order valence-corrected chi connectivity index (χ2v) is 8.28. The van der Waals surface area contributed by atoms with E-state index in [9.17, 15) is 4.79 Å². The van der Waals surface area contributed by atoms with Crippen LogP contribution in [-0.4, -0.2) is 60.4 Å². The van der Waals surface area contributed by atoms with Gasteiger partial charge in [0.25, 0.3) is 5.91 Å². The first-order valence-electron chi connectivity index (χ1n) is 10.7. The number of hydrogen-bond acceptors (Lipinski definition) is 6. The van der Waals surface area contributed by atoms with Crippen LogP contribution in [-0.2, 0) is 4.79 Å². The molecule has 1 aliphatic heterocycles. The number of carbonyl (C=O) groups excluding carboxylic acids is 1. The molecule has 1 aromatic heterocycles. The molecule has 9 heteroatoms. The number of nitrogens with zero attached hydrogens (tertiary/aromatic N) is 4. The van der Waals surface area contributed by atoms with E-state index in [4.69, 9.17) is 32.7 Å². The van der Waals surface area contributed by atoms with Gasteiger partial charge in [-0.15, -0.1) is 10.2 Å². The maximum atomic E-state index is 12.6. The first-order chi connectivity index (χ1) is 16.0. The summed E-state index contributed by atoms with van der Waals surface area (Å²) >= 11 is 12.2. The van der Waals surface area contributed by atoms with Crippen LogP contribution in [0.1, 0.15) is 6.92 Å². The molecule has 172 valence electrons. The summed E-state index contributed by atoms with van der Waals surface area (Å²) in [5.74, 6) is 1.92. The van der Waals surface area contributed by atoms with Gasteiger partial charge in [-0.1, -0.05) is 35.3 Å². The van der Waals surface area contributed by atoms with Crippen LogP contribution in [0, 0.1) is 0 Å². The Morgan fingerprint density at radius 2 is 1.67 bits per heavy atom. The summed E-state index contributed by atoms with van der Waals surface area (Å²) < 4.78 is 11.3. The maximum Gasteiger partial charge on any atom is 0.260 e. The fourth-order valence-corrected chi connectivity index (χ4v) is 4.10. The van der Waals surface area contributed by atoms with E-state index in [2.05, 4.69) is 15.1 Å². The second-order valence-electron chi connectivity index (χ2n) is 7.44. The van der Waals surface area contributed by atoms with Crippen LogP contribution < -0.4 is 14.4 Å². The van der Waals surface area contributed by atoms with E-state index >= 15 is 0 Å². The molecule has 33 heavy (non-hydrogen) atoms. The highest BCUT2D eigenvalue weighted by atomic mass is 35.5. The monoisotopic (exact) mass is 486 g/mol. The molecular formula is C24H24Cl2N4O3. The Balaban J connectivity index is 1.31. The molecule has 0 N–H and O–H groups in total. The van der Waals surface area contributed by atoms with Gasteiger partial charge in [-0.05, 0) is 49.4 Å². The van der Waals surface area contributed by atoms with E-state index in [0.29, 0.717) is 60.0 Å². The Morgan fingerprint density at radius 3 is 2.30 bits per heavy atom. The molecule has 1 fully saturated rings. The van der Waals surface area contributed by atoms with Crippen LogP contribution in [0.4, 0.5) is 5.82 Å². The number of hydrogen-bond donors (Lipinski definition) is 0. The van der Waals surface area contributed by atoms with Crippen molar-refractivity contribution in [3.63, 3.8) is 0 Å². The lowest BCUT2D eigenvalue weighted by atomic mass is 10.1. The highest BCUT2D eigenvalue weighted by Crippen LogP contribution is 2.29. The number of ether oxygens (including phenoxy) is 2. The number of amides is 1. The highest BCUT2D eigenvalue weighted by Gasteiger charge is 2.23. The van der Waals surface area contributed by atoms with E-state index in [1.807, 2.05) is 43.3 Å². The molecule has 1 aliphatic rings. The Hall–Kier alpha value is -3.03. The zero-order valence-corrected chi connectivity index (χ0v) is 19.7. The van der Waals surface area contributed by atoms with Crippen LogP contribution in [0.3, 0.4) is 0 Å². The first-order valence-corrected chi connectivity index (χ1v) is 11.5. The summed E-state index contributed by atoms with van der Waals surface area (Å²) in [6.07, 6.45) is 0. The van der Waals surface area contributed by atoms with Crippen molar-refractivity contribution in [2.75, 3.05) is 44.3 Å². The lowest BCUT2D eigenvalue weighted by Crippen LogP contribution is -2.50. The normalized spacial score (nSPS) is 13.7. The van der Waals surface area contributed by atoms with Crippen molar-refractivity contribution < 1.29 is 14.3 Å². The third-order valence-electron chi connectivity index (χ3n) is 5.31. The van der Waals surface area contributed by atoms with Crippen LogP contribution in [0.2, 0.25) is 10.0 Å². The molecule has 3 aromatic rings. The zero-order chi connectivity index (χ0) is 23.2. The summed E-state index contributed by atoms with van der Waals surface area (Å²) in [5.41, 5.74) is 1.46. The van der Waals surface area contributed by atoms with Gasteiger partial charge < -0.3 is 19.3 Å². The molecule has 1 saturated heterocycles. The SMILES string of the molecule is CCOc1ccccc1OCC(=O)N1CCN(c2ccc(-c3ccc(Cl)cc3Cl)nn2)CC1. The number of para-hydroxylation sites is 2. The zero-order valence-electron chi connectivity index (χ0n) is 18.2. The molecule has 0 atom stereocenters. The van der Waals surface area contributed by atoms with Crippen LogP contribution >= 0.6 is 23.2 Å². The first kappa shape index (κ1) is 23.1. The maximum absolute atomic E-state index is 12.6. The third-order valence-corrected chi connectivity index (χ3v) is 5.86. The number of carbonyl (C=O) groups is 1. The number of anilines is 1. The average Bonchev–Trinajstić information content (AvgIpc) is 2.84. The van der Waals surface area contributed by atoms with Gasteiger partial charge in [0.05, 0.1) is 17.3 Å². The van der Waals surface area contributed by atoms with Gasteiger partial charge in [0, 0.05) is 36.8 Å². The van der Waals surface area contributed by atoms with Crippen molar-refractivity contribution in [3.05, 3.63) is 64.6 Å². The van der Waals surface area contributed by atoms with E-state index in [1.165, 1.54) is 0 Å². The molecule has 2 aromatic carbocycles. The molecule has 0 aliphatic carbocycles. The van der Waals surface area contributed by atoms with Gasteiger partial charge in [-0.25, -0.2) is 0 Å². The van der Waals surface area contributed by atoms with Crippen LogP contribution in [0.25, 0.3) is 11.3 Å². The molecule has 0 unspecified atom stereocenters. The van der Waals surface area contributed by atoms with Crippen molar-refractivity contribution >= 4 is 34.9 Å². The Bertz CT molecular complexity index is 1100. The molecule has 2 heterocycles. The largest absolute Gasteiger partial charge is 0.490 e. The fraction of sp³-hybridized carbons (Fsp3) is 0.292. The number of halogens is 2. The molecule has 0 spiro atoms. The smallest absolute Gasteiger partial charge is 0.260 e. The lowest BCUT2D eigenvalue weighted by Gasteiger charge is -2.35. The number of benzene rings is 2. The minimum Gasteiger partial charge on any atom is -0.490 e. The molecule has 1 amide bonds. The van der Waals surface area contributed by atoms with E-state index in [1.54, 1.807) is 23.1 Å². The predicted molar refractivity (Wildman–Crippen MR) is 129 cm³/mol.